The average Bonchev–Trinajstić information content (AvgIpc) is 2.16. The van der Waals surface area contributed by atoms with Gasteiger partial charge in [0, 0.05) is 22.8 Å². The van der Waals surface area contributed by atoms with Gasteiger partial charge in [-0.2, -0.15) is 0 Å². The molecule has 1 atom stereocenters. The standard InChI is InChI=1S/C8H10BrFN2O/c1-13-7-4-12-3-5(9)8(7)6(10)2-11/h3-4,6H,2,11H2,1H3. The molecule has 0 saturated carbocycles. The zero-order valence-electron chi connectivity index (χ0n) is 7.13. The predicted octanol–water partition coefficient (Wildman–Crippen LogP) is 1.82. The van der Waals surface area contributed by atoms with Crippen LogP contribution in [0.15, 0.2) is 16.9 Å². The molecule has 2 N–H and O–H groups in total. The number of aromatic nitrogens is 1. The summed E-state index contributed by atoms with van der Waals surface area (Å²) in [5.74, 6) is 0.410. The fourth-order valence-corrected chi connectivity index (χ4v) is 1.57. The molecule has 0 radical (unpaired) electrons. The Kier molecular flexibility index (Phi) is 3.62. The Hall–Kier alpha value is -0.680. The van der Waals surface area contributed by atoms with E-state index in [1.807, 2.05) is 0 Å². The second-order valence-electron chi connectivity index (χ2n) is 2.44. The molecule has 5 heteroatoms. The second-order valence-corrected chi connectivity index (χ2v) is 3.29. The van der Waals surface area contributed by atoms with Gasteiger partial charge in [0.25, 0.3) is 0 Å². The fourth-order valence-electron chi connectivity index (χ4n) is 1.01. The Balaban J connectivity index is 3.14. The van der Waals surface area contributed by atoms with Gasteiger partial charge < -0.3 is 10.5 Å². The molecular weight excluding hydrogens is 239 g/mol. The summed E-state index contributed by atoms with van der Waals surface area (Å²) in [4.78, 5) is 3.85. The van der Waals surface area contributed by atoms with Crippen LogP contribution < -0.4 is 10.5 Å². The van der Waals surface area contributed by atoms with Crippen molar-refractivity contribution in [3.05, 3.63) is 22.4 Å². The Morgan fingerprint density at radius 3 is 2.92 bits per heavy atom. The highest BCUT2D eigenvalue weighted by atomic mass is 79.9. The quantitative estimate of drug-likeness (QED) is 0.888. The normalized spacial score (nSPS) is 12.6. The fraction of sp³-hybridized carbons (Fsp3) is 0.375. The first kappa shape index (κ1) is 10.4. The van der Waals surface area contributed by atoms with E-state index in [0.29, 0.717) is 15.8 Å². The molecule has 0 aliphatic rings. The number of hydrogen-bond acceptors (Lipinski definition) is 3. The van der Waals surface area contributed by atoms with Crippen molar-refractivity contribution in [1.82, 2.24) is 4.98 Å². The minimum absolute atomic E-state index is 0.0705. The Bertz CT molecular complexity index is 295. The number of halogens is 2. The molecule has 0 aromatic carbocycles. The van der Waals surface area contributed by atoms with Gasteiger partial charge in [0.2, 0.25) is 0 Å². The van der Waals surface area contributed by atoms with Gasteiger partial charge >= 0.3 is 0 Å². The van der Waals surface area contributed by atoms with Gasteiger partial charge in [-0.1, -0.05) is 0 Å². The lowest BCUT2D eigenvalue weighted by Gasteiger charge is -2.12. The zero-order chi connectivity index (χ0) is 9.84. The summed E-state index contributed by atoms with van der Waals surface area (Å²) in [5.41, 5.74) is 5.64. The van der Waals surface area contributed by atoms with Crippen LogP contribution >= 0.6 is 15.9 Å². The number of methoxy groups -OCH3 is 1. The molecule has 0 aliphatic carbocycles. The van der Waals surface area contributed by atoms with Crippen molar-refractivity contribution in [2.75, 3.05) is 13.7 Å². The lowest BCUT2D eigenvalue weighted by molar-refractivity contribution is 0.329. The first-order chi connectivity index (χ1) is 6.20. The van der Waals surface area contributed by atoms with E-state index < -0.39 is 6.17 Å². The van der Waals surface area contributed by atoms with Gasteiger partial charge in [-0.05, 0) is 15.9 Å². The Labute approximate surface area is 84.2 Å². The molecule has 0 fully saturated rings. The third kappa shape index (κ3) is 2.16. The van der Waals surface area contributed by atoms with E-state index in [1.54, 1.807) is 0 Å². The van der Waals surface area contributed by atoms with Crippen LogP contribution in [0.2, 0.25) is 0 Å². The number of hydrogen-bond donors (Lipinski definition) is 1. The lowest BCUT2D eigenvalue weighted by atomic mass is 10.1. The number of nitrogens with two attached hydrogens (primary N) is 1. The molecule has 1 heterocycles. The number of alkyl halides is 1. The summed E-state index contributed by atoms with van der Waals surface area (Å²) in [7, 11) is 1.47. The summed E-state index contributed by atoms with van der Waals surface area (Å²) in [6.45, 7) is -0.0705. The SMILES string of the molecule is COc1cncc(Br)c1C(F)CN. The highest BCUT2D eigenvalue weighted by Gasteiger charge is 2.17. The van der Waals surface area contributed by atoms with E-state index in [2.05, 4.69) is 20.9 Å². The summed E-state index contributed by atoms with van der Waals surface area (Å²) < 4.78 is 18.8. The number of nitrogens with zero attached hydrogens (tertiary/aromatic N) is 1. The van der Waals surface area contributed by atoms with Crippen molar-refractivity contribution in [3.63, 3.8) is 0 Å². The average molecular weight is 249 g/mol. The third-order valence-corrected chi connectivity index (χ3v) is 2.27. The second kappa shape index (κ2) is 4.53. The molecule has 1 unspecified atom stereocenters. The van der Waals surface area contributed by atoms with Crippen LogP contribution in [0, 0.1) is 0 Å². The first-order valence-electron chi connectivity index (χ1n) is 3.72. The minimum atomic E-state index is -1.23. The van der Waals surface area contributed by atoms with Gasteiger partial charge in [-0.3, -0.25) is 4.98 Å². The van der Waals surface area contributed by atoms with Crippen molar-refractivity contribution < 1.29 is 9.13 Å². The molecule has 0 amide bonds. The minimum Gasteiger partial charge on any atom is -0.495 e. The maximum absolute atomic E-state index is 13.3. The molecule has 0 spiro atoms. The van der Waals surface area contributed by atoms with Crippen molar-refractivity contribution in [3.8, 4) is 5.75 Å². The summed E-state index contributed by atoms with van der Waals surface area (Å²) in [5, 5.41) is 0. The molecule has 13 heavy (non-hydrogen) atoms. The van der Waals surface area contributed by atoms with Crippen LogP contribution in [-0.2, 0) is 0 Å². The Morgan fingerprint density at radius 1 is 1.69 bits per heavy atom. The zero-order valence-corrected chi connectivity index (χ0v) is 8.71. The van der Waals surface area contributed by atoms with Gasteiger partial charge in [-0.15, -0.1) is 0 Å². The van der Waals surface area contributed by atoms with Crippen molar-refractivity contribution >= 4 is 15.9 Å². The van der Waals surface area contributed by atoms with E-state index >= 15 is 0 Å². The topological polar surface area (TPSA) is 48.1 Å². The van der Waals surface area contributed by atoms with E-state index in [0.717, 1.165) is 0 Å². The predicted molar refractivity (Wildman–Crippen MR) is 51.4 cm³/mol. The number of pyridine rings is 1. The molecule has 0 bridgehead atoms. The smallest absolute Gasteiger partial charge is 0.144 e. The van der Waals surface area contributed by atoms with E-state index in [1.165, 1.54) is 19.5 Å². The van der Waals surface area contributed by atoms with Crippen molar-refractivity contribution in [1.29, 1.82) is 0 Å². The molecule has 0 saturated heterocycles. The first-order valence-corrected chi connectivity index (χ1v) is 4.51. The molecule has 1 rings (SSSR count). The van der Waals surface area contributed by atoms with E-state index in [9.17, 15) is 4.39 Å². The van der Waals surface area contributed by atoms with Gasteiger partial charge in [0.15, 0.2) is 0 Å². The summed E-state index contributed by atoms with van der Waals surface area (Å²) in [6, 6.07) is 0. The monoisotopic (exact) mass is 248 g/mol. The van der Waals surface area contributed by atoms with Gasteiger partial charge in [0.1, 0.15) is 11.9 Å². The van der Waals surface area contributed by atoms with Gasteiger partial charge in [-0.25, -0.2) is 4.39 Å². The van der Waals surface area contributed by atoms with Crippen LogP contribution in [0.1, 0.15) is 11.7 Å². The molecule has 0 aliphatic heterocycles. The van der Waals surface area contributed by atoms with Crippen LogP contribution in [0.5, 0.6) is 5.75 Å². The van der Waals surface area contributed by atoms with Crippen LogP contribution in [0.3, 0.4) is 0 Å². The maximum atomic E-state index is 13.3. The van der Waals surface area contributed by atoms with Crippen LogP contribution in [0.25, 0.3) is 0 Å². The van der Waals surface area contributed by atoms with Gasteiger partial charge in [0.05, 0.1) is 13.3 Å². The van der Waals surface area contributed by atoms with Crippen LogP contribution in [-0.4, -0.2) is 18.6 Å². The Morgan fingerprint density at radius 2 is 2.38 bits per heavy atom. The number of rotatable bonds is 3. The molecule has 3 nitrogen and oxygen atoms in total. The highest BCUT2D eigenvalue weighted by molar-refractivity contribution is 9.10. The maximum Gasteiger partial charge on any atom is 0.144 e. The third-order valence-electron chi connectivity index (χ3n) is 1.64. The van der Waals surface area contributed by atoms with E-state index in [4.69, 9.17) is 10.5 Å². The molecular formula is C8H10BrFN2O. The molecule has 1 aromatic rings. The van der Waals surface area contributed by atoms with Crippen molar-refractivity contribution in [2.24, 2.45) is 5.73 Å². The summed E-state index contributed by atoms with van der Waals surface area (Å²) in [6.07, 6.45) is 1.75. The number of ether oxygens (including phenoxy) is 1. The summed E-state index contributed by atoms with van der Waals surface area (Å²) >= 11 is 3.19. The lowest BCUT2D eigenvalue weighted by Crippen LogP contribution is -2.09. The van der Waals surface area contributed by atoms with E-state index in [-0.39, 0.29) is 6.54 Å². The van der Waals surface area contributed by atoms with Crippen molar-refractivity contribution in [2.45, 2.75) is 6.17 Å². The molecule has 72 valence electrons. The highest BCUT2D eigenvalue weighted by Crippen LogP contribution is 2.32. The molecule has 1 aromatic heterocycles. The van der Waals surface area contributed by atoms with Crippen LogP contribution in [0.4, 0.5) is 4.39 Å². The largest absolute Gasteiger partial charge is 0.495 e.